The second kappa shape index (κ2) is 8.14. The van der Waals surface area contributed by atoms with Crippen LogP contribution in [0.25, 0.3) is 22.3 Å². The molecule has 164 valence electrons. The van der Waals surface area contributed by atoms with E-state index < -0.39 is 9.84 Å². The maximum absolute atomic E-state index is 13.3. The largest absolute Gasteiger partial charge is 0.347 e. The normalized spacial score (nSPS) is 17.6. The van der Waals surface area contributed by atoms with Gasteiger partial charge in [0, 0.05) is 10.4 Å². The summed E-state index contributed by atoms with van der Waals surface area (Å²) >= 11 is 1.59. The number of benzene rings is 1. The highest BCUT2D eigenvalue weighted by atomic mass is 32.2. The molecular formula is C23H22N4O3S2. The molecular weight excluding hydrogens is 444 g/mol. The third-order valence-electron chi connectivity index (χ3n) is 5.71. The van der Waals surface area contributed by atoms with E-state index in [1.807, 2.05) is 54.8 Å². The van der Waals surface area contributed by atoms with Crippen LogP contribution in [0.4, 0.5) is 0 Å². The summed E-state index contributed by atoms with van der Waals surface area (Å²) in [6, 6.07) is 15.1. The predicted octanol–water partition coefficient (Wildman–Crippen LogP) is 3.76. The van der Waals surface area contributed by atoms with E-state index in [9.17, 15) is 13.2 Å². The lowest BCUT2D eigenvalue weighted by Crippen LogP contribution is -2.23. The van der Waals surface area contributed by atoms with Gasteiger partial charge in [-0.1, -0.05) is 36.4 Å². The van der Waals surface area contributed by atoms with Crippen LogP contribution < -0.4 is 5.32 Å². The van der Waals surface area contributed by atoms with Gasteiger partial charge in [-0.25, -0.2) is 18.1 Å². The van der Waals surface area contributed by atoms with E-state index in [4.69, 9.17) is 4.98 Å². The number of carbonyl (C=O) groups excluding carboxylic acids is 1. The molecule has 7 nitrogen and oxygen atoms in total. The van der Waals surface area contributed by atoms with Crippen LogP contribution in [0.1, 0.15) is 33.4 Å². The smallest absolute Gasteiger partial charge is 0.252 e. The van der Waals surface area contributed by atoms with Gasteiger partial charge in [0.2, 0.25) is 0 Å². The van der Waals surface area contributed by atoms with Gasteiger partial charge in [-0.3, -0.25) is 4.79 Å². The number of rotatable bonds is 5. The van der Waals surface area contributed by atoms with Crippen molar-refractivity contribution in [3.8, 4) is 11.3 Å². The number of carbonyl (C=O) groups is 1. The van der Waals surface area contributed by atoms with Gasteiger partial charge in [-0.05, 0) is 30.9 Å². The maximum Gasteiger partial charge on any atom is 0.252 e. The summed E-state index contributed by atoms with van der Waals surface area (Å²) < 4.78 is 25.9. The molecule has 1 aliphatic rings. The SMILES string of the molecule is Cc1nn([C@H]2CCS(=O)(=O)C2)c2nc(-c3ccccc3)cc(C(=O)NCc3cccs3)c12. The van der Waals surface area contributed by atoms with Crippen LogP contribution >= 0.6 is 11.3 Å². The van der Waals surface area contributed by atoms with Crippen LogP contribution in [0.3, 0.4) is 0 Å². The Morgan fingerprint density at radius 1 is 1.22 bits per heavy atom. The lowest BCUT2D eigenvalue weighted by atomic mass is 10.0. The molecule has 1 aliphatic heterocycles. The average Bonchev–Trinajstić information content (AvgIpc) is 3.51. The number of pyridine rings is 1. The Labute approximate surface area is 190 Å². The summed E-state index contributed by atoms with van der Waals surface area (Å²) in [4.78, 5) is 19.2. The Morgan fingerprint density at radius 2 is 2.03 bits per heavy atom. The molecule has 1 saturated heterocycles. The summed E-state index contributed by atoms with van der Waals surface area (Å²) in [6.07, 6.45) is 0.496. The van der Waals surface area contributed by atoms with E-state index in [-0.39, 0.29) is 23.5 Å². The topological polar surface area (TPSA) is 93.9 Å². The van der Waals surface area contributed by atoms with Crippen molar-refractivity contribution in [3.63, 3.8) is 0 Å². The molecule has 0 unspecified atom stereocenters. The summed E-state index contributed by atoms with van der Waals surface area (Å²) in [7, 11) is -3.09. The molecule has 4 heterocycles. The molecule has 32 heavy (non-hydrogen) atoms. The number of nitrogens with one attached hydrogen (secondary N) is 1. The lowest BCUT2D eigenvalue weighted by molar-refractivity contribution is 0.0953. The molecule has 1 aromatic carbocycles. The molecule has 0 radical (unpaired) electrons. The third kappa shape index (κ3) is 3.93. The highest BCUT2D eigenvalue weighted by Gasteiger charge is 2.32. The Morgan fingerprint density at radius 3 is 2.72 bits per heavy atom. The number of hydrogen-bond acceptors (Lipinski definition) is 6. The first kappa shape index (κ1) is 20.8. The highest BCUT2D eigenvalue weighted by Crippen LogP contribution is 2.32. The lowest BCUT2D eigenvalue weighted by Gasteiger charge is -2.12. The molecule has 0 aliphatic carbocycles. The maximum atomic E-state index is 13.3. The Balaban J connectivity index is 1.63. The first-order chi connectivity index (χ1) is 15.4. The fourth-order valence-corrected chi connectivity index (χ4v) is 6.48. The second-order valence-electron chi connectivity index (χ2n) is 7.97. The fourth-order valence-electron chi connectivity index (χ4n) is 4.15. The number of sulfone groups is 1. The quantitative estimate of drug-likeness (QED) is 0.483. The predicted molar refractivity (Wildman–Crippen MR) is 125 cm³/mol. The van der Waals surface area contributed by atoms with Crippen LogP contribution in [-0.4, -0.2) is 40.6 Å². The van der Waals surface area contributed by atoms with Gasteiger partial charge in [0.25, 0.3) is 5.91 Å². The summed E-state index contributed by atoms with van der Waals surface area (Å²) in [6.45, 7) is 2.28. The van der Waals surface area contributed by atoms with E-state index in [0.717, 1.165) is 10.4 Å². The number of nitrogens with zero attached hydrogens (tertiary/aromatic N) is 3. The van der Waals surface area contributed by atoms with E-state index in [2.05, 4.69) is 10.4 Å². The number of aromatic nitrogens is 3. The van der Waals surface area contributed by atoms with E-state index in [1.54, 1.807) is 22.1 Å². The zero-order valence-electron chi connectivity index (χ0n) is 17.5. The van der Waals surface area contributed by atoms with E-state index >= 15 is 0 Å². The van der Waals surface area contributed by atoms with Crippen LogP contribution in [-0.2, 0) is 16.4 Å². The highest BCUT2D eigenvalue weighted by molar-refractivity contribution is 7.91. The molecule has 1 N–H and O–H groups in total. The molecule has 1 atom stereocenters. The number of fused-ring (bicyclic) bond motifs is 1. The van der Waals surface area contributed by atoms with Crippen molar-refractivity contribution in [1.82, 2.24) is 20.1 Å². The third-order valence-corrected chi connectivity index (χ3v) is 8.34. The minimum Gasteiger partial charge on any atom is -0.347 e. The molecule has 1 fully saturated rings. The first-order valence-corrected chi connectivity index (χ1v) is 13.1. The van der Waals surface area contributed by atoms with Crippen LogP contribution in [0.2, 0.25) is 0 Å². The van der Waals surface area contributed by atoms with Gasteiger partial charge in [-0.2, -0.15) is 5.10 Å². The van der Waals surface area contributed by atoms with Crippen LogP contribution in [0.15, 0.2) is 53.9 Å². The first-order valence-electron chi connectivity index (χ1n) is 10.4. The standard InChI is InChI=1S/C23H22N4O3S2/c1-15-21-19(23(28)24-13-18-8-5-10-31-18)12-20(16-6-3-2-4-7-16)25-22(21)27(26-15)17-9-11-32(29,30)14-17/h2-8,10,12,17H,9,11,13-14H2,1H3,(H,24,28)/t17-/m0/s1. The fraction of sp³-hybridized carbons (Fsp3) is 0.261. The second-order valence-corrected chi connectivity index (χ2v) is 11.2. The van der Waals surface area contributed by atoms with Gasteiger partial charge in [-0.15, -0.1) is 11.3 Å². The van der Waals surface area contributed by atoms with Crippen molar-refractivity contribution in [2.24, 2.45) is 0 Å². The van der Waals surface area contributed by atoms with Gasteiger partial charge in [0.15, 0.2) is 15.5 Å². The zero-order valence-corrected chi connectivity index (χ0v) is 19.1. The van der Waals surface area contributed by atoms with Crippen molar-refractivity contribution >= 4 is 38.1 Å². The Bertz CT molecular complexity index is 1390. The molecule has 3 aromatic heterocycles. The van der Waals surface area contributed by atoms with Crippen LogP contribution in [0, 0.1) is 6.92 Å². The van der Waals surface area contributed by atoms with Crippen molar-refractivity contribution in [2.75, 3.05) is 11.5 Å². The molecule has 0 saturated carbocycles. The summed E-state index contributed by atoms with van der Waals surface area (Å²) in [5.74, 6) is -0.0185. The van der Waals surface area contributed by atoms with Gasteiger partial charge >= 0.3 is 0 Å². The molecule has 4 aromatic rings. The monoisotopic (exact) mass is 466 g/mol. The molecule has 0 spiro atoms. The summed E-state index contributed by atoms with van der Waals surface area (Å²) in [5.41, 5.74) is 3.24. The van der Waals surface area contributed by atoms with E-state index in [0.29, 0.717) is 41.0 Å². The molecule has 0 bridgehead atoms. The van der Waals surface area contributed by atoms with Gasteiger partial charge in [0.1, 0.15) is 0 Å². The van der Waals surface area contributed by atoms with Gasteiger partial charge < -0.3 is 5.32 Å². The molecule has 5 rings (SSSR count). The number of aryl methyl sites for hydroxylation is 1. The number of amides is 1. The van der Waals surface area contributed by atoms with Crippen molar-refractivity contribution in [1.29, 1.82) is 0 Å². The molecule has 9 heteroatoms. The van der Waals surface area contributed by atoms with Crippen molar-refractivity contribution < 1.29 is 13.2 Å². The van der Waals surface area contributed by atoms with Gasteiger partial charge in [0.05, 0.1) is 46.4 Å². The van der Waals surface area contributed by atoms with Crippen LogP contribution in [0.5, 0.6) is 0 Å². The summed E-state index contributed by atoms with van der Waals surface area (Å²) in [5, 5.41) is 10.3. The number of hydrogen-bond donors (Lipinski definition) is 1. The Hall–Kier alpha value is -3.04. The average molecular weight is 467 g/mol. The number of thiophene rings is 1. The molecule has 1 amide bonds. The minimum absolute atomic E-state index is 0.0420. The van der Waals surface area contributed by atoms with Crippen molar-refractivity contribution in [3.05, 3.63) is 70.0 Å². The Kier molecular flexibility index (Phi) is 5.30. The zero-order chi connectivity index (χ0) is 22.3. The minimum atomic E-state index is -3.09. The van der Waals surface area contributed by atoms with Crippen molar-refractivity contribution in [2.45, 2.75) is 25.9 Å². The van der Waals surface area contributed by atoms with E-state index in [1.165, 1.54) is 0 Å².